The number of benzene rings is 3. The van der Waals surface area contributed by atoms with Gasteiger partial charge in [-0.15, -0.1) is 0 Å². The molecule has 0 aromatic heterocycles. The maximum absolute atomic E-state index is 13.3. The Kier molecular flexibility index (Phi) is 6.55. The van der Waals surface area contributed by atoms with Crippen LogP contribution in [0.3, 0.4) is 0 Å². The van der Waals surface area contributed by atoms with E-state index in [-0.39, 0.29) is 11.5 Å². The number of hydrogen-bond donors (Lipinski definition) is 1. The third-order valence-electron chi connectivity index (χ3n) is 5.99. The number of carbonyl (C=O) groups excluding carboxylic acids is 1. The summed E-state index contributed by atoms with van der Waals surface area (Å²) >= 11 is 0. The number of ether oxygens (including phenoxy) is 1. The lowest BCUT2D eigenvalue weighted by atomic mass is 9.85. The van der Waals surface area contributed by atoms with E-state index in [1.54, 1.807) is 36.4 Å². The summed E-state index contributed by atoms with van der Waals surface area (Å²) < 4.78 is 5.95. The normalized spacial score (nSPS) is 13.3. The second-order valence-electron chi connectivity index (χ2n) is 8.38. The van der Waals surface area contributed by atoms with Crippen molar-refractivity contribution < 1.29 is 19.4 Å². The van der Waals surface area contributed by atoms with Crippen LogP contribution in [0.25, 0.3) is 0 Å². The summed E-state index contributed by atoms with van der Waals surface area (Å²) in [6.07, 6.45) is 3.50. The zero-order valence-electron chi connectivity index (χ0n) is 18.2. The molecule has 0 heterocycles. The lowest BCUT2D eigenvalue weighted by Gasteiger charge is -2.32. The first-order valence-electron chi connectivity index (χ1n) is 10.9. The fourth-order valence-electron chi connectivity index (χ4n) is 3.83. The lowest BCUT2D eigenvalue weighted by molar-refractivity contribution is 0.0674. The molecule has 1 saturated carbocycles. The molecule has 164 valence electrons. The Hall–Kier alpha value is -3.60. The first-order valence-corrected chi connectivity index (χ1v) is 10.9. The minimum Gasteiger partial charge on any atom is -0.478 e. The molecule has 3 aromatic rings. The number of carboxylic acid groups (broad SMARTS) is 1. The summed E-state index contributed by atoms with van der Waals surface area (Å²) in [6, 6.07) is 21.8. The Labute approximate surface area is 188 Å². The standard InChI is InChI=1S/C27H27NO4/c1-19-5-2-3-8-25(19)32-24-15-13-22(14-16-24)26(29)28(17-20-6-4-7-20)18-21-9-11-23(12-10-21)27(30)31/h2-3,5,8-16,20H,4,6-7,17-18H2,1H3,(H,30,31). The van der Waals surface area contributed by atoms with Crippen molar-refractivity contribution in [3.05, 3.63) is 95.1 Å². The average Bonchev–Trinajstić information content (AvgIpc) is 2.77. The second kappa shape index (κ2) is 9.69. The van der Waals surface area contributed by atoms with Gasteiger partial charge in [-0.05, 0) is 79.3 Å². The van der Waals surface area contributed by atoms with E-state index in [0.717, 1.165) is 29.7 Å². The second-order valence-corrected chi connectivity index (χ2v) is 8.38. The lowest BCUT2D eigenvalue weighted by Crippen LogP contribution is -2.37. The van der Waals surface area contributed by atoms with Crippen LogP contribution < -0.4 is 4.74 Å². The van der Waals surface area contributed by atoms with Crippen LogP contribution in [0.5, 0.6) is 11.5 Å². The van der Waals surface area contributed by atoms with Gasteiger partial charge in [0.05, 0.1) is 5.56 Å². The van der Waals surface area contributed by atoms with Gasteiger partial charge in [-0.3, -0.25) is 4.79 Å². The summed E-state index contributed by atoms with van der Waals surface area (Å²) in [5.41, 5.74) is 2.83. The molecule has 0 radical (unpaired) electrons. The van der Waals surface area contributed by atoms with Gasteiger partial charge >= 0.3 is 5.97 Å². The SMILES string of the molecule is Cc1ccccc1Oc1ccc(C(=O)N(Cc2ccc(C(=O)O)cc2)CC2CCC2)cc1. The molecule has 0 saturated heterocycles. The predicted octanol–water partition coefficient (Wildman–Crippen LogP) is 5.93. The van der Waals surface area contributed by atoms with Crippen LogP contribution in [0.15, 0.2) is 72.8 Å². The van der Waals surface area contributed by atoms with Crippen molar-refractivity contribution in [2.45, 2.75) is 32.7 Å². The minimum atomic E-state index is -0.952. The van der Waals surface area contributed by atoms with Crippen molar-refractivity contribution in [2.75, 3.05) is 6.54 Å². The number of para-hydroxylation sites is 1. The maximum Gasteiger partial charge on any atom is 0.335 e. The highest BCUT2D eigenvalue weighted by molar-refractivity contribution is 5.94. The largest absolute Gasteiger partial charge is 0.478 e. The van der Waals surface area contributed by atoms with Gasteiger partial charge in [0, 0.05) is 18.7 Å². The van der Waals surface area contributed by atoms with Gasteiger partial charge in [-0.25, -0.2) is 4.79 Å². The highest BCUT2D eigenvalue weighted by Gasteiger charge is 2.24. The number of rotatable bonds is 8. The highest BCUT2D eigenvalue weighted by atomic mass is 16.5. The van der Waals surface area contributed by atoms with Crippen molar-refractivity contribution in [1.29, 1.82) is 0 Å². The number of carbonyl (C=O) groups is 2. The van der Waals surface area contributed by atoms with Crippen LogP contribution in [0.4, 0.5) is 0 Å². The van der Waals surface area contributed by atoms with Crippen molar-refractivity contribution in [1.82, 2.24) is 4.90 Å². The zero-order valence-corrected chi connectivity index (χ0v) is 18.2. The van der Waals surface area contributed by atoms with E-state index in [1.807, 2.05) is 48.2 Å². The Morgan fingerprint density at radius 2 is 1.59 bits per heavy atom. The fraction of sp³-hybridized carbons (Fsp3) is 0.259. The molecule has 0 spiro atoms. The smallest absolute Gasteiger partial charge is 0.335 e. The first kappa shape index (κ1) is 21.6. The molecule has 1 N–H and O–H groups in total. The van der Waals surface area contributed by atoms with E-state index < -0.39 is 5.97 Å². The molecule has 1 amide bonds. The number of amides is 1. The Morgan fingerprint density at radius 3 is 2.19 bits per heavy atom. The van der Waals surface area contributed by atoms with Gasteiger partial charge < -0.3 is 14.7 Å². The number of nitrogens with zero attached hydrogens (tertiary/aromatic N) is 1. The van der Waals surface area contributed by atoms with E-state index in [4.69, 9.17) is 9.84 Å². The minimum absolute atomic E-state index is 0.0262. The summed E-state index contributed by atoms with van der Waals surface area (Å²) in [5, 5.41) is 9.11. The monoisotopic (exact) mass is 429 g/mol. The van der Waals surface area contributed by atoms with Crippen LogP contribution in [0.1, 0.15) is 51.1 Å². The van der Waals surface area contributed by atoms with Gasteiger partial charge in [0.2, 0.25) is 0 Å². The van der Waals surface area contributed by atoms with Crippen molar-refractivity contribution in [3.63, 3.8) is 0 Å². The number of aryl methyl sites for hydroxylation is 1. The molecule has 0 aliphatic heterocycles. The fourth-order valence-corrected chi connectivity index (χ4v) is 3.83. The maximum atomic E-state index is 13.3. The van der Waals surface area contributed by atoms with Crippen molar-refractivity contribution >= 4 is 11.9 Å². The molecule has 1 fully saturated rings. The van der Waals surface area contributed by atoms with Gasteiger partial charge in [0.25, 0.3) is 5.91 Å². The Morgan fingerprint density at radius 1 is 0.938 bits per heavy atom. The predicted molar refractivity (Wildman–Crippen MR) is 123 cm³/mol. The molecular formula is C27H27NO4. The van der Waals surface area contributed by atoms with Crippen LogP contribution in [-0.2, 0) is 6.54 Å². The molecule has 5 heteroatoms. The molecule has 4 rings (SSSR count). The van der Waals surface area contributed by atoms with Crippen molar-refractivity contribution in [2.24, 2.45) is 5.92 Å². The molecule has 1 aliphatic rings. The van der Waals surface area contributed by atoms with Gasteiger partial charge in [0.1, 0.15) is 11.5 Å². The summed E-state index contributed by atoms with van der Waals surface area (Å²) in [5.74, 6) is 1.03. The summed E-state index contributed by atoms with van der Waals surface area (Å²) in [6.45, 7) is 3.16. The number of carboxylic acids is 1. The summed E-state index contributed by atoms with van der Waals surface area (Å²) in [4.78, 5) is 26.3. The quantitative estimate of drug-likeness (QED) is 0.482. The van der Waals surface area contributed by atoms with Crippen LogP contribution >= 0.6 is 0 Å². The zero-order chi connectivity index (χ0) is 22.5. The van der Waals surface area contributed by atoms with Gasteiger partial charge in [-0.2, -0.15) is 0 Å². The summed E-state index contributed by atoms with van der Waals surface area (Å²) in [7, 11) is 0. The molecule has 1 aliphatic carbocycles. The molecular weight excluding hydrogens is 402 g/mol. The third kappa shape index (κ3) is 5.17. The van der Waals surface area contributed by atoms with Crippen molar-refractivity contribution in [3.8, 4) is 11.5 Å². The van der Waals surface area contributed by atoms with Gasteiger partial charge in [0.15, 0.2) is 0 Å². The van der Waals surface area contributed by atoms with E-state index in [1.165, 1.54) is 6.42 Å². The molecule has 0 atom stereocenters. The van der Waals surface area contributed by atoms with Gasteiger partial charge in [-0.1, -0.05) is 36.8 Å². The number of aromatic carboxylic acids is 1. The van der Waals surface area contributed by atoms with Crippen LogP contribution in [-0.4, -0.2) is 28.4 Å². The first-order chi connectivity index (χ1) is 15.5. The Balaban J connectivity index is 1.48. The highest BCUT2D eigenvalue weighted by Crippen LogP contribution is 2.29. The number of hydrogen-bond acceptors (Lipinski definition) is 3. The topological polar surface area (TPSA) is 66.8 Å². The Bertz CT molecular complexity index is 1090. The molecule has 0 unspecified atom stereocenters. The van der Waals surface area contributed by atoms with Crippen LogP contribution in [0, 0.1) is 12.8 Å². The van der Waals surface area contributed by atoms with Crippen LogP contribution in [0.2, 0.25) is 0 Å². The molecule has 3 aromatic carbocycles. The molecule has 0 bridgehead atoms. The van der Waals surface area contributed by atoms with E-state index in [0.29, 0.717) is 30.3 Å². The van der Waals surface area contributed by atoms with E-state index in [9.17, 15) is 9.59 Å². The van der Waals surface area contributed by atoms with E-state index in [2.05, 4.69) is 0 Å². The molecule has 5 nitrogen and oxygen atoms in total. The average molecular weight is 430 g/mol. The van der Waals surface area contributed by atoms with E-state index >= 15 is 0 Å². The molecule has 32 heavy (non-hydrogen) atoms. The third-order valence-corrected chi connectivity index (χ3v) is 5.99.